The smallest absolute Gasteiger partial charge is 0.214 e. The molecule has 134 valence electrons. The van der Waals surface area contributed by atoms with Crippen molar-refractivity contribution in [2.24, 2.45) is 0 Å². The van der Waals surface area contributed by atoms with Crippen molar-refractivity contribution in [3.63, 3.8) is 0 Å². The van der Waals surface area contributed by atoms with Crippen molar-refractivity contribution in [2.75, 3.05) is 12.4 Å². The molecule has 6 nitrogen and oxygen atoms in total. The Kier molecular flexibility index (Phi) is 6.13. The lowest BCUT2D eigenvalue weighted by atomic mass is 10.1. The third-order valence-corrected chi connectivity index (χ3v) is 4.86. The summed E-state index contributed by atoms with van der Waals surface area (Å²) in [5.41, 5.74) is 1.20. The number of aromatic nitrogens is 4. The number of thioether (sulfide) groups is 1. The van der Waals surface area contributed by atoms with Crippen LogP contribution in [-0.2, 0) is 0 Å². The van der Waals surface area contributed by atoms with Gasteiger partial charge in [0, 0.05) is 10.6 Å². The SMILES string of the molecule is CCOc1ccc(-n2nnnc2SCC(=O)c2ccc(Cl)cc2Cl)cc1. The molecular weight excluding hydrogens is 395 g/mol. The Balaban J connectivity index is 1.71. The number of nitrogens with zero attached hydrogens (tertiary/aromatic N) is 4. The van der Waals surface area contributed by atoms with Crippen LogP contribution in [0.3, 0.4) is 0 Å². The van der Waals surface area contributed by atoms with Crippen molar-refractivity contribution in [3.8, 4) is 11.4 Å². The molecule has 0 spiro atoms. The maximum absolute atomic E-state index is 12.4. The van der Waals surface area contributed by atoms with Gasteiger partial charge in [-0.3, -0.25) is 4.79 Å². The molecule has 0 unspecified atom stereocenters. The molecule has 0 amide bonds. The van der Waals surface area contributed by atoms with Crippen molar-refractivity contribution in [1.82, 2.24) is 20.2 Å². The molecule has 0 bridgehead atoms. The summed E-state index contributed by atoms with van der Waals surface area (Å²) in [7, 11) is 0. The molecule has 9 heteroatoms. The second-order valence-electron chi connectivity index (χ2n) is 5.14. The largest absolute Gasteiger partial charge is 0.494 e. The Morgan fingerprint density at radius 2 is 1.96 bits per heavy atom. The molecule has 0 atom stereocenters. The quantitative estimate of drug-likeness (QED) is 0.427. The molecular formula is C17H14Cl2N4O2S. The first-order chi connectivity index (χ1) is 12.6. The van der Waals surface area contributed by atoms with E-state index in [-0.39, 0.29) is 11.5 Å². The number of ketones is 1. The minimum atomic E-state index is -0.127. The highest BCUT2D eigenvalue weighted by Gasteiger charge is 2.15. The maximum atomic E-state index is 12.4. The van der Waals surface area contributed by atoms with Gasteiger partial charge in [0.05, 0.1) is 23.1 Å². The van der Waals surface area contributed by atoms with Crippen LogP contribution >= 0.6 is 35.0 Å². The summed E-state index contributed by atoms with van der Waals surface area (Å²) in [4.78, 5) is 12.4. The van der Waals surface area contributed by atoms with E-state index in [1.807, 2.05) is 31.2 Å². The lowest BCUT2D eigenvalue weighted by Crippen LogP contribution is -2.05. The fourth-order valence-electron chi connectivity index (χ4n) is 2.20. The average Bonchev–Trinajstić information content (AvgIpc) is 3.09. The molecule has 0 radical (unpaired) electrons. The molecule has 0 saturated carbocycles. The molecule has 3 aromatic rings. The zero-order valence-electron chi connectivity index (χ0n) is 13.7. The van der Waals surface area contributed by atoms with Crippen molar-refractivity contribution in [3.05, 3.63) is 58.1 Å². The maximum Gasteiger partial charge on any atom is 0.214 e. The van der Waals surface area contributed by atoms with E-state index in [0.29, 0.717) is 27.4 Å². The molecule has 0 aliphatic rings. The molecule has 1 aromatic heterocycles. The minimum absolute atomic E-state index is 0.127. The van der Waals surface area contributed by atoms with E-state index >= 15 is 0 Å². The predicted octanol–water partition coefficient (Wildman–Crippen LogP) is 4.34. The zero-order chi connectivity index (χ0) is 18.5. The molecule has 0 N–H and O–H groups in total. The lowest BCUT2D eigenvalue weighted by molar-refractivity contribution is 0.102. The Hall–Kier alpha value is -2.09. The van der Waals surface area contributed by atoms with Gasteiger partial charge in [0.1, 0.15) is 5.75 Å². The summed E-state index contributed by atoms with van der Waals surface area (Å²) in [6.45, 7) is 2.52. The van der Waals surface area contributed by atoms with Gasteiger partial charge in [-0.05, 0) is 59.8 Å². The molecule has 0 aliphatic heterocycles. The zero-order valence-corrected chi connectivity index (χ0v) is 16.1. The minimum Gasteiger partial charge on any atom is -0.494 e. The van der Waals surface area contributed by atoms with Gasteiger partial charge >= 0.3 is 0 Å². The Labute approximate surface area is 164 Å². The number of tetrazole rings is 1. The first kappa shape index (κ1) is 18.7. The standard InChI is InChI=1S/C17H14Cl2N4O2S/c1-2-25-13-6-4-12(5-7-13)23-17(20-21-22-23)26-10-16(24)14-8-3-11(18)9-15(14)19/h3-9H,2,10H2,1H3. The molecule has 3 rings (SSSR count). The van der Waals surface area contributed by atoms with Crippen molar-refractivity contribution < 1.29 is 9.53 Å². The highest BCUT2D eigenvalue weighted by atomic mass is 35.5. The average molecular weight is 409 g/mol. The number of halogens is 2. The van der Waals surface area contributed by atoms with Crippen LogP contribution in [0.25, 0.3) is 5.69 Å². The fourth-order valence-corrected chi connectivity index (χ4v) is 3.49. The molecule has 1 heterocycles. The molecule has 0 fully saturated rings. The number of hydrogen-bond acceptors (Lipinski definition) is 6. The lowest BCUT2D eigenvalue weighted by Gasteiger charge is -2.07. The number of benzene rings is 2. The Morgan fingerprint density at radius 1 is 1.19 bits per heavy atom. The fraction of sp³-hybridized carbons (Fsp3) is 0.176. The first-order valence-corrected chi connectivity index (χ1v) is 9.45. The van der Waals surface area contributed by atoms with Crippen LogP contribution in [0.2, 0.25) is 10.0 Å². The highest BCUT2D eigenvalue weighted by molar-refractivity contribution is 7.99. The van der Waals surface area contributed by atoms with E-state index in [1.165, 1.54) is 11.8 Å². The van der Waals surface area contributed by atoms with E-state index in [0.717, 1.165) is 11.4 Å². The number of hydrogen-bond donors (Lipinski definition) is 0. The van der Waals surface area contributed by atoms with E-state index in [9.17, 15) is 4.79 Å². The van der Waals surface area contributed by atoms with Crippen LogP contribution in [0.4, 0.5) is 0 Å². The van der Waals surface area contributed by atoms with Crippen LogP contribution in [0.15, 0.2) is 47.6 Å². The predicted molar refractivity (Wildman–Crippen MR) is 102 cm³/mol. The van der Waals surface area contributed by atoms with Crippen molar-refractivity contribution >= 4 is 40.7 Å². The van der Waals surface area contributed by atoms with E-state index in [1.54, 1.807) is 22.9 Å². The van der Waals surface area contributed by atoms with E-state index < -0.39 is 0 Å². The third-order valence-electron chi connectivity index (χ3n) is 3.40. The van der Waals surface area contributed by atoms with Gasteiger partial charge in [0.15, 0.2) is 5.78 Å². The highest BCUT2D eigenvalue weighted by Crippen LogP contribution is 2.25. The van der Waals surface area contributed by atoms with Crippen molar-refractivity contribution in [1.29, 1.82) is 0 Å². The van der Waals surface area contributed by atoms with E-state index in [4.69, 9.17) is 27.9 Å². The Morgan fingerprint density at radius 3 is 2.65 bits per heavy atom. The summed E-state index contributed by atoms with van der Waals surface area (Å²) in [6.07, 6.45) is 0. The molecule has 26 heavy (non-hydrogen) atoms. The molecule has 0 aliphatic carbocycles. The van der Waals surface area contributed by atoms with Gasteiger partial charge in [-0.15, -0.1) is 5.10 Å². The number of carbonyl (C=O) groups is 1. The number of rotatable bonds is 7. The number of carbonyl (C=O) groups excluding carboxylic acids is 1. The van der Waals surface area contributed by atoms with Crippen LogP contribution in [-0.4, -0.2) is 38.4 Å². The number of ether oxygens (including phenoxy) is 1. The molecule has 2 aromatic carbocycles. The summed E-state index contributed by atoms with van der Waals surface area (Å²) in [5.74, 6) is 0.794. The van der Waals surface area contributed by atoms with Crippen LogP contribution < -0.4 is 4.74 Å². The topological polar surface area (TPSA) is 69.9 Å². The Bertz CT molecular complexity index is 915. The van der Waals surface area contributed by atoms with Gasteiger partial charge < -0.3 is 4.74 Å². The monoisotopic (exact) mass is 408 g/mol. The summed E-state index contributed by atoms with van der Waals surface area (Å²) < 4.78 is 6.99. The van der Waals surface area contributed by atoms with Gasteiger partial charge in [0.25, 0.3) is 0 Å². The summed E-state index contributed by atoms with van der Waals surface area (Å²) in [5, 5.41) is 13.0. The number of Topliss-reactive ketones (excluding diaryl/α,β-unsaturated/α-hetero) is 1. The third kappa shape index (κ3) is 4.35. The van der Waals surface area contributed by atoms with Gasteiger partial charge in [0.2, 0.25) is 5.16 Å². The van der Waals surface area contributed by atoms with Gasteiger partial charge in [-0.25, -0.2) is 0 Å². The van der Waals surface area contributed by atoms with Gasteiger partial charge in [-0.1, -0.05) is 35.0 Å². The first-order valence-electron chi connectivity index (χ1n) is 7.71. The second kappa shape index (κ2) is 8.53. The second-order valence-corrected chi connectivity index (χ2v) is 6.92. The van der Waals surface area contributed by atoms with Crippen LogP contribution in [0.5, 0.6) is 5.75 Å². The van der Waals surface area contributed by atoms with E-state index in [2.05, 4.69) is 15.5 Å². The van der Waals surface area contributed by atoms with Crippen molar-refractivity contribution in [2.45, 2.75) is 12.1 Å². The van der Waals surface area contributed by atoms with Gasteiger partial charge in [-0.2, -0.15) is 4.68 Å². The summed E-state index contributed by atoms with van der Waals surface area (Å²) in [6, 6.07) is 12.2. The normalized spacial score (nSPS) is 10.7. The van der Waals surface area contributed by atoms with Crippen LogP contribution in [0, 0.1) is 0 Å². The summed E-state index contributed by atoms with van der Waals surface area (Å²) >= 11 is 13.2. The van der Waals surface area contributed by atoms with Crippen LogP contribution in [0.1, 0.15) is 17.3 Å². The molecule has 0 saturated heterocycles.